The number of hydrogen-bond acceptors (Lipinski definition) is 4. The molecule has 2 N–H and O–H groups in total. The molecule has 1 aromatic carbocycles. The van der Waals surface area contributed by atoms with Crippen molar-refractivity contribution in [2.24, 2.45) is 5.14 Å². The molecule has 0 bridgehead atoms. The summed E-state index contributed by atoms with van der Waals surface area (Å²) in [5, 5.41) is 5.45. The molecule has 1 atom stereocenters. The minimum Gasteiger partial charge on any atom is -0.760 e. The van der Waals surface area contributed by atoms with Gasteiger partial charge in [0.2, 0.25) is 0 Å². The van der Waals surface area contributed by atoms with Gasteiger partial charge in [-0.05, 0) is 43.2 Å². The van der Waals surface area contributed by atoms with E-state index in [1.54, 1.807) is 5.56 Å². The van der Waals surface area contributed by atoms with E-state index in [0.717, 1.165) is 11.8 Å². The van der Waals surface area contributed by atoms with Crippen molar-refractivity contribution in [1.29, 1.82) is 0 Å². The maximum Gasteiger partial charge on any atom is 0.0969 e. The fraction of sp³-hybridized carbons (Fsp3) is 0.632. The van der Waals surface area contributed by atoms with Gasteiger partial charge in [-0.15, -0.1) is 11.3 Å². The van der Waals surface area contributed by atoms with Gasteiger partial charge in [0, 0.05) is 17.2 Å². The standard InChI is InChI=1S/C19H25NS.H3NO2S/c1-3-8-14(9-4-1)16-12-7-13-17-18(16)20-19(21-17)15-10-5-2-6-11-15;1-4(2)3/h7,12-15H,1-6,8-11H2;1H2,(H,2,3)/p-1. The first-order chi connectivity index (χ1) is 12.1. The summed E-state index contributed by atoms with van der Waals surface area (Å²) in [5.74, 6) is 1.51. The minimum absolute atomic E-state index is 0.746. The lowest BCUT2D eigenvalue weighted by molar-refractivity contribution is 0.441. The molecule has 6 heteroatoms. The van der Waals surface area contributed by atoms with Crippen molar-refractivity contribution in [1.82, 2.24) is 4.98 Å². The van der Waals surface area contributed by atoms with Gasteiger partial charge in [-0.2, -0.15) is 0 Å². The zero-order valence-electron chi connectivity index (χ0n) is 14.6. The molecule has 0 saturated heterocycles. The molecule has 2 aliphatic rings. The van der Waals surface area contributed by atoms with Crippen LogP contribution in [0.1, 0.15) is 86.6 Å². The molecule has 2 fully saturated rings. The molecule has 2 saturated carbocycles. The largest absolute Gasteiger partial charge is 0.760 e. The number of hydrogen-bond donors (Lipinski definition) is 1. The Balaban J connectivity index is 0.000000415. The summed E-state index contributed by atoms with van der Waals surface area (Å²) in [7, 11) is 0. The Hall–Kier alpha value is -0.820. The van der Waals surface area contributed by atoms with Crippen molar-refractivity contribution in [2.75, 3.05) is 0 Å². The predicted octanol–water partition coefficient (Wildman–Crippen LogP) is 5.13. The van der Waals surface area contributed by atoms with E-state index >= 15 is 0 Å². The third-order valence-electron chi connectivity index (χ3n) is 5.47. The van der Waals surface area contributed by atoms with E-state index in [-0.39, 0.29) is 0 Å². The molecule has 4 nitrogen and oxygen atoms in total. The fourth-order valence-electron chi connectivity index (χ4n) is 4.25. The molecular formula is C19H27N2O2S2-. The zero-order valence-corrected chi connectivity index (χ0v) is 16.2. The third-order valence-corrected chi connectivity index (χ3v) is 6.65. The second-order valence-corrected chi connectivity index (χ2v) is 8.76. The van der Waals surface area contributed by atoms with Gasteiger partial charge in [-0.1, -0.05) is 50.7 Å². The summed E-state index contributed by atoms with van der Waals surface area (Å²) in [6, 6.07) is 6.89. The SMILES string of the molecule is NS(=O)[O-].c1cc(C2CCCCC2)c2nc(C3CCCCC3)sc2c1. The van der Waals surface area contributed by atoms with Crippen LogP contribution < -0.4 is 5.14 Å². The van der Waals surface area contributed by atoms with E-state index in [9.17, 15) is 0 Å². The van der Waals surface area contributed by atoms with Gasteiger partial charge in [0.1, 0.15) is 0 Å². The Kier molecular flexibility index (Phi) is 6.99. The Labute approximate surface area is 156 Å². The first-order valence-electron chi connectivity index (χ1n) is 9.38. The van der Waals surface area contributed by atoms with Gasteiger partial charge in [0.25, 0.3) is 0 Å². The van der Waals surface area contributed by atoms with Crippen LogP contribution in [0.25, 0.3) is 10.2 Å². The maximum atomic E-state index is 8.78. The highest BCUT2D eigenvalue weighted by Crippen LogP contribution is 2.41. The number of fused-ring (bicyclic) bond motifs is 1. The van der Waals surface area contributed by atoms with E-state index in [1.807, 2.05) is 11.3 Å². The first-order valence-corrected chi connectivity index (χ1v) is 11.3. The average Bonchev–Trinajstić information content (AvgIpc) is 3.07. The van der Waals surface area contributed by atoms with Gasteiger partial charge in [-0.25, -0.2) is 4.98 Å². The van der Waals surface area contributed by atoms with Gasteiger partial charge in [0.05, 0.1) is 15.2 Å². The molecule has 4 rings (SSSR count). The van der Waals surface area contributed by atoms with Crippen molar-refractivity contribution in [3.8, 4) is 0 Å². The lowest BCUT2D eigenvalue weighted by Gasteiger charge is -2.22. The fourth-order valence-corrected chi connectivity index (χ4v) is 5.43. The van der Waals surface area contributed by atoms with Gasteiger partial charge in [-0.3, -0.25) is 9.35 Å². The lowest BCUT2D eigenvalue weighted by Crippen LogP contribution is -2.06. The Morgan fingerprint density at radius 3 is 2.16 bits per heavy atom. The third kappa shape index (κ3) is 5.09. The number of aromatic nitrogens is 1. The van der Waals surface area contributed by atoms with Crippen molar-refractivity contribution in [2.45, 2.75) is 76.0 Å². The highest BCUT2D eigenvalue weighted by Gasteiger charge is 2.22. The first kappa shape index (κ1) is 19.0. The quantitative estimate of drug-likeness (QED) is 0.735. The van der Waals surface area contributed by atoms with E-state index in [4.69, 9.17) is 13.7 Å². The summed E-state index contributed by atoms with van der Waals surface area (Å²) in [6.45, 7) is 0. The topological polar surface area (TPSA) is 79.0 Å². The van der Waals surface area contributed by atoms with Crippen LogP contribution in [-0.4, -0.2) is 13.7 Å². The van der Waals surface area contributed by atoms with Gasteiger partial charge >= 0.3 is 0 Å². The van der Waals surface area contributed by atoms with Gasteiger partial charge < -0.3 is 4.55 Å². The molecule has 2 aliphatic carbocycles. The van der Waals surface area contributed by atoms with E-state index in [1.165, 1.54) is 79.4 Å². The number of thiazole rings is 1. The number of nitrogens with zero attached hydrogens (tertiary/aromatic N) is 1. The monoisotopic (exact) mass is 379 g/mol. The minimum atomic E-state index is -2.36. The van der Waals surface area contributed by atoms with E-state index in [2.05, 4.69) is 23.3 Å². The molecule has 1 unspecified atom stereocenters. The summed E-state index contributed by atoms with van der Waals surface area (Å²) in [5.41, 5.74) is 2.89. The maximum absolute atomic E-state index is 8.78. The Morgan fingerprint density at radius 1 is 1.00 bits per heavy atom. The zero-order chi connectivity index (χ0) is 17.6. The Morgan fingerprint density at radius 2 is 1.56 bits per heavy atom. The predicted molar refractivity (Wildman–Crippen MR) is 104 cm³/mol. The van der Waals surface area contributed by atoms with Gasteiger partial charge in [0.15, 0.2) is 0 Å². The number of para-hydroxylation sites is 1. The van der Waals surface area contributed by atoms with Crippen LogP contribution >= 0.6 is 11.3 Å². The molecule has 0 amide bonds. The van der Waals surface area contributed by atoms with E-state index in [0.29, 0.717) is 0 Å². The van der Waals surface area contributed by atoms with Crippen molar-refractivity contribution in [3.05, 3.63) is 28.8 Å². The second kappa shape index (κ2) is 9.21. The summed E-state index contributed by atoms with van der Waals surface area (Å²) < 4.78 is 19.0. The molecule has 138 valence electrons. The van der Waals surface area contributed by atoms with Crippen LogP contribution in [0.3, 0.4) is 0 Å². The number of benzene rings is 1. The van der Waals surface area contributed by atoms with Crippen LogP contribution in [0, 0.1) is 0 Å². The second-order valence-electron chi connectivity index (χ2n) is 7.18. The average molecular weight is 380 g/mol. The van der Waals surface area contributed by atoms with Crippen molar-refractivity contribution in [3.63, 3.8) is 0 Å². The highest BCUT2D eigenvalue weighted by atomic mass is 32.2. The van der Waals surface area contributed by atoms with E-state index < -0.39 is 11.3 Å². The summed E-state index contributed by atoms with van der Waals surface area (Å²) >= 11 is -0.390. The van der Waals surface area contributed by atoms with Crippen LogP contribution in [0.5, 0.6) is 0 Å². The molecule has 25 heavy (non-hydrogen) atoms. The highest BCUT2D eigenvalue weighted by molar-refractivity contribution is 7.76. The molecule has 1 aromatic heterocycles. The van der Waals surface area contributed by atoms with Crippen molar-refractivity contribution >= 4 is 32.8 Å². The van der Waals surface area contributed by atoms with Crippen LogP contribution in [0.2, 0.25) is 0 Å². The van der Waals surface area contributed by atoms with Crippen LogP contribution in [-0.2, 0) is 11.3 Å². The number of rotatable bonds is 2. The molecule has 2 aromatic rings. The summed E-state index contributed by atoms with van der Waals surface area (Å²) in [6.07, 6.45) is 13.9. The summed E-state index contributed by atoms with van der Waals surface area (Å²) in [4.78, 5) is 5.13. The smallest absolute Gasteiger partial charge is 0.0969 e. The molecule has 0 radical (unpaired) electrons. The Bertz CT molecular complexity index is 701. The molecule has 0 spiro atoms. The lowest BCUT2D eigenvalue weighted by atomic mass is 9.83. The molecule has 1 heterocycles. The number of nitrogens with two attached hydrogens (primary N) is 1. The normalized spacial score (nSPS) is 20.9. The molecular weight excluding hydrogens is 352 g/mol. The van der Waals surface area contributed by atoms with Crippen LogP contribution in [0.15, 0.2) is 18.2 Å². The molecule has 0 aliphatic heterocycles. The van der Waals surface area contributed by atoms with Crippen LogP contribution in [0.4, 0.5) is 0 Å². The van der Waals surface area contributed by atoms with Crippen molar-refractivity contribution < 1.29 is 8.76 Å².